The molecular weight excluding hydrogens is 132 g/mol. The highest BCUT2D eigenvalue weighted by Gasteiger charge is 1.84. The summed E-state index contributed by atoms with van der Waals surface area (Å²) in [6, 6.07) is 0. The first-order valence-electron chi connectivity index (χ1n) is 2.45. The third-order valence-corrected chi connectivity index (χ3v) is 1.24. The lowest BCUT2D eigenvalue weighted by Gasteiger charge is -1.91. The Labute approximate surface area is 59.3 Å². The second-order valence-corrected chi connectivity index (χ2v) is 2.68. The van der Waals surface area contributed by atoms with Crippen LogP contribution in [0.25, 0.3) is 0 Å². The van der Waals surface area contributed by atoms with Gasteiger partial charge in [0, 0.05) is 5.70 Å². The molecule has 0 aromatic heterocycles. The Morgan fingerprint density at radius 3 is 2.67 bits per heavy atom. The monoisotopic (exact) mass is 142 g/mol. The molecule has 0 saturated heterocycles. The standard InChI is InChI=1S/C6H10N2S/c1-5(8)3-6(2)9-4-7/h3-4,7H,1,8H2,2H3/b6-3-,7-4?. The highest BCUT2D eigenvalue weighted by atomic mass is 32.2. The largest absolute Gasteiger partial charge is 0.399 e. The van der Waals surface area contributed by atoms with Crippen LogP contribution in [0.5, 0.6) is 0 Å². The summed E-state index contributed by atoms with van der Waals surface area (Å²) in [5.74, 6) is 0. The van der Waals surface area contributed by atoms with Crippen molar-refractivity contribution in [3.8, 4) is 0 Å². The summed E-state index contributed by atoms with van der Waals surface area (Å²) in [6.07, 6.45) is 1.73. The number of nitrogens with one attached hydrogen (secondary N) is 1. The van der Waals surface area contributed by atoms with Crippen LogP contribution >= 0.6 is 11.8 Å². The van der Waals surface area contributed by atoms with Crippen molar-refractivity contribution in [1.29, 1.82) is 5.41 Å². The summed E-state index contributed by atoms with van der Waals surface area (Å²) >= 11 is 1.32. The molecule has 0 amide bonds. The van der Waals surface area contributed by atoms with E-state index in [2.05, 4.69) is 6.58 Å². The third kappa shape index (κ3) is 5.17. The fraction of sp³-hybridized carbons (Fsp3) is 0.167. The molecule has 0 saturated carbocycles. The van der Waals surface area contributed by atoms with Crippen molar-refractivity contribution in [2.75, 3.05) is 0 Å². The number of hydrogen-bond donors (Lipinski definition) is 2. The summed E-state index contributed by atoms with van der Waals surface area (Å²) in [6.45, 7) is 5.37. The minimum Gasteiger partial charge on any atom is -0.399 e. The average Bonchev–Trinajstić information content (AvgIpc) is 1.63. The van der Waals surface area contributed by atoms with Gasteiger partial charge in [0.15, 0.2) is 0 Å². The van der Waals surface area contributed by atoms with Crippen LogP contribution in [-0.4, -0.2) is 5.55 Å². The van der Waals surface area contributed by atoms with Crippen LogP contribution in [-0.2, 0) is 0 Å². The molecule has 3 heteroatoms. The first-order chi connectivity index (χ1) is 4.16. The molecule has 3 N–H and O–H groups in total. The third-order valence-electron chi connectivity index (χ3n) is 0.633. The number of thioether (sulfide) groups is 1. The van der Waals surface area contributed by atoms with Crippen molar-refractivity contribution in [3.63, 3.8) is 0 Å². The van der Waals surface area contributed by atoms with Gasteiger partial charge in [-0.25, -0.2) is 0 Å². The van der Waals surface area contributed by atoms with E-state index in [-0.39, 0.29) is 0 Å². The lowest BCUT2D eigenvalue weighted by atomic mass is 10.4. The van der Waals surface area contributed by atoms with Crippen molar-refractivity contribution in [3.05, 3.63) is 23.3 Å². The van der Waals surface area contributed by atoms with Gasteiger partial charge >= 0.3 is 0 Å². The van der Waals surface area contributed by atoms with Crippen LogP contribution < -0.4 is 5.73 Å². The highest BCUT2D eigenvalue weighted by Crippen LogP contribution is 2.10. The quantitative estimate of drug-likeness (QED) is 0.358. The Morgan fingerprint density at radius 1 is 1.78 bits per heavy atom. The first kappa shape index (κ1) is 8.30. The van der Waals surface area contributed by atoms with Gasteiger partial charge < -0.3 is 11.1 Å². The fourth-order valence-corrected chi connectivity index (χ4v) is 0.793. The Bertz CT molecular complexity index is 149. The highest BCUT2D eigenvalue weighted by molar-refractivity contribution is 8.15. The molecule has 0 fully saturated rings. The summed E-state index contributed by atoms with van der Waals surface area (Å²) in [4.78, 5) is 0.984. The predicted octanol–water partition coefficient (Wildman–Crippen LogP) is 1.70. The van der Waals surface area contributed by atoms with E-state index >= 15 is 0 Å². The van der Waals surface area contributed by atoms with E-state index in [0.717, 1.165) is 4.91 Å². The van der Waals surface area contributed by atoms with Gasteiger partial charge in [-0.15, -0.1) is 0 Å². The average molecular weight is 142 g/mol. The maximum atomic E-state index is 6.70. The van der Waals surface area contributed by atoms with Gasteiger partial charge in [0.1, 0.15) is 0 Å². The summed E-state index contributed by atoms with van der Waals surface area (Å²) < 4.78 is 0. The molecule has 0 aliphatic heterocycles. The SMILES string of the molecule is C=C(N)/C=C(/C)SC=N. The summed E-state index contributed by atoms with van der Waals surface area (Å²) in [5.41, 5.74) is 7.05. The molecule has 0 unspecified atom stereocenters. The number of rotatable bonds is 3. The molecular formula is C6H10N2S. The molecule has 0 aromatic rings. The van der Waals surface area contributed by atoms with E-state index in [9.17, 15) is 0 Å². The number of hydrogen-bond acceptors (Lipinski definition) is 3. The lowest BCUT2D eigenvalue weighted by molar-refractivity contribution is 1.43. The van der Waals surface area contributed by atoms with E-state index in [1.54, 1.807) is 6.08 Å². The van der Waals surface area contributed by atoms with Gasteiger partial charge in [0.25, 0.3) is 0 Å². The normalized spacial score (nSPS) is 11.0. The Hall–Kier alpha value is -0.700. The molecule has 0 aromatic carbocycles. The zero-order chi connectivity index (χ0) is 7.28. The zero-order valence-electron chi connectivity index (χ0n) is 5.35. The maximum absolute atomic E-state index is 6.70. The van der Waals surface area contributed by atoms with Crippen LogP contribution in [0.3, 0.4) is 0 Å². The molecule has 50 valence electrons. The molecule has 0 rings (SSSR count). The van der Waals surface area contributed by atoms with Crippen LogP contribution in [0, 0.1) is 5.41 Å². The van der Waals surface area contributed by atoms with Gasteiger partial charge in [0.05, 0.1) is 5.55 Å². The smallest absolute Gasteiger partial charge is 0.0551 e. The maximum Gasteiger partial charge on any atom is 0.0551 e. The lowest BCUT2D eigenvalue weighted by Crippen LogP contribution is -1.89. The molecule has 2 nitrogen and oxygen atoms in total. The molecule has 0 spiro atoms. The second kappa shape index (κ2) is 4.21. The van der Waals surface area contributed by atoms with Crippen molar-refractivity contribution in [2.45, 2.75) is 6.92 Å². The summed E-state index contributed by atoms with van der Waals surface area (Å²) in [7, 11) is 0. The van der Waals surface area contributed by atoms with E-state index < -0.39 is 0 Å². The zero-order valence-corrected chi connectivity index (χ0v) is 6.16. The van der Waals surface area contributed by atoms with Crippen molar-refractivity contribution >= 4 is 17.3 Å². The van der Waals surface area contributed by atoms with Crippen LogP contribution in [0.4, 0.5) is 0 Å². The molecule has 0 aliphatic rings. The topological polar surface area (TPSA) is 49.9 Å². The Morgan fingerprint density at radius 2 is 2.33 bits per heavy atom. The molecule has 0 radical (unpaired) electrons. The first-order valence-corrected chi connectivity index (χ1v) is 3.33. The van der Waals surface area contributed by atoms with E-state index in [0.29, 0.717) is 5.70 Å². The van der Waals surface area contributed by atoms with Crippen molar-refractivity contribution in [1.82, 2.24) is 0 Å². The Kier molecular flexibility index (Phi) is 3.88. The van der Waals surface area contributed by atoms with Crippen molar-refractivity contribution in [2.24, 2.45) is 5.73 Å². The molecule has 9 heavy (non-hydrogen) atoms. The van der Waals surface area contributed by atoms with Crippen molar-refractivity contribution < 1.29 is 0 Å². The molecule has 0 bridgehead atoms. The predicted molar refractivity (Wildman–Crippen MR) is 43.5 cm³/mol. The van der Waals surface area contributed by atoms with Gasteiger partial charge in [-0.1, -0.05) is 18.3 Å². The van der Waals surface area contributed by atoms with Crippen LogP contribution in [0.15, 0.2) is 23.3 Å². The minimum atomic E-state index is 0.529. The minimum absolute atomic E-state index is 0.529. The molecule has 0 heterocycles. The number of nitrogens with two attached hydrogens (primary N) is 1. The van der Waals surface area contributed by atoms with Crippen LogP contribution in [0.1, 0.15) is 6.92 Å². The van der Waals surface area contributed by atoms with E-state index in [4.69, 9.17) is 11.1 Å². The van der Waals surface area contributed by atoms with Gasteiger partial charge in [-0.2, -0.15) is 0 Å². The molecule has 0 atom stereocenters. The fourth-order valence-electron chi connectivity index (χ4n) is 0.388. The van der Waals surface area contributed by atoms with Gasteiger partial charge in [-0.05, 0) is 17.9 Å². The van der Waals surface area contributed by atoms with E-state index in [1.807, 2.05) is 6.92 Å². The van der Waals surface area contributed by atoms with Gasteiger partial charge in [0.2, 0.25) is 0 Å². The van der Waals surface area contributed by atoms with Gasteiger partial charge in [-0.3, -0.25) is 0 Å². The Balaban J connectivity index is 3.83. The van der Waals surface area contributed by atoms with E-state index in [1.165, 1.54) is 17.3 Å². The second-order valence-electron chi connectivity index (χ2n) is 1.57. The van der Waals surface area contributed by atoms with Crippen LogP contribution in [0.2, 0.25) is 0 Å². The number of allylic oxidation sites excluding steroid dienone is 2. The summed E-state index contributed by atoms with van der Waals surface area (Å²) in [5, 5.41) is 6.70. The molecule has 0 aliphatic carbocycles.